The lowest BCUT2D eigenvalue weighted by atomic mass is 10.1. The zero-order valence-corrected chi connectivity index (χ0v) is 14.1. The van der Waals surface area contributed by atoms with Crippen LogP contribution in [0.5, 0.6) is 5.75 Å². The highest BCUT2D eigenvalue weighted by atomic mass is 16.5. The summed E-state index contributed by atoms with van der Waals surface area (Å²) < 4.78 is 10.8. The van der Waals surface area contributed by atoms with Crippen molar-refractivity contribution in [3.8, 4) is 17.0 Å². The second kappa shape index (κ2) is 8.86. The Kier molecular flexibility index (Phi) is 6.54. The predicted octanol–water partition coefficient (Wildman–Crippen LogP) is 3.47. The zero-order chi connectivity index (χ0) is 17.4. The topological polar surface area (TPSA) is 87.3 Å². The third-order valence-corrected chi connectivity index (χ3v) is 3.40. The van der Waals surface area contributed by atoms with Gasteiger partial charge >= 0.3 is 5.97 Å². The Bertz CT molecular complexity index is 689. The number of anilines is 1. The normalized spacial score (nSPS) is 10.4. The van der Waals surface area contributed by atoms with Crippen LogP contribution in [0.15, 0.2) is 30.3 Å². The number of ether oxygens (including phenoxy) is 2. The largest absolute Gasteiger partial charge is 0.493 e. The SMILES string of the molecule is CCCCCOc1ccccc1-c1cc(C(=O)OCC)nc(N)n1. The van der Waals surface area contributed by atoms with Gasteiger partial charge in [-0.25, -0.2) is 14.8 Å². The first-order valence-corrected chi connectivity index (χ1v) is 8.19. The van der Waals surface area contributed by atoms with E-state index in [0.29, 0.717) is 18.1 Å². The summed E-state index contributed by atoms with van der Waals surface area (Å²) in [5, 5.41) is 0. The first kappa shape index (κ1) is 17.7. The molecule has 0 aliphatic heterocycles. The van der Waals surface area contributed by atoms with Crippen LogP contribution in [0.2, 0.25) is 0 Å². The molecule has 0 aliphatic rings. The molecule has 1 aromatic heterocycles. The average molecular weight is 329 g/mol. The molecule has 24 heavy (non-hydrogen) atoms. The fraction of sp³-hybridized carbons (Fsp3) is 0.389. The summed E-state index contributed by atoms with van der Waals surface area (Å²) >= 11 is 0. The van der Waals surface area contributed by atoms with Gasteiger partial charge in [-0.05, 0) is 31.5 Å². The molecular weight excluding hydrogens is 306 g/mol. The number of carbonyl (C=O) groups is 1. The number of esters is 1. The van der Waals surface area contributed by atoms with Gasteiger partial charge in [0.15, 0.2) is 5.69 Å². The fourth-order valence-corrected chi connectivity index (χ4v) is 2.25. The molecule has 2 N–H and O–H groups in total. The number of carbonyl (C=O) groups excluding carboxylic acids is 1. The monoisotopic (exact) mass is 329 g/mol. The number of unbranched alkanes of at least 4 members (excludes halogenated alkanes) is 2. The lowest BCUT2D eigenvalue weighted by molar-refractivity contribution is 0.0519. The average Bonchev–Trinajstić information content (AvgIpc) is 2.59. The second-order valence-electron chi connectivity index (χ2n) is 5.27. The third-order valence-electron chi connectivity index (χ3n) is 3.40. The Hall–Kier alpha value is -2.63. The van der Waals surface area contributed by atoms with E-state index in [0.717, 1.165) is 24.8 Å². The van der Waals surface area contributed by atoms with E-state index >= 15 is 0 Å². The van der Waals surface area contributed by atoms with Crippen LogP contribution in [-0.2, 0) is 4.74 Å². The molecule has 0 radical (unpaired) electrons. The highest BCUT2D eigenvalue weighted by Crippen LogP contribution is 2.29. The van der Waals surface area contributed by atoms with E-state index in [4.69, 9.17) is 15.2 Å². The van der Waals surface area contributed by atoms with Crippen molar-refractivity contribution in [1.29, 1.82) is 0 Å². The van der Waals surface area contributed by atoms with Crippen molar-refractivity contribution in [3.05, 3.63) is 36.0 Å². The molecule has 1 aromatic carbocycles. The third kappa shape index (κ3) is 4.68. The lowest BCUT2D eigenvalue weighted by Gasteiger charge is -2.12. The van der Waals surface area contributed by atoms with Crippen LogP contribution in [0.4, 0.5) is 5.95 Å². The number of aromatic nitrogens is 2. The first-order chi connectivity index (χ1) is 11.7. The van der Waals surface area contributed by atoms with Gasteiger partial charge in [-0.15, -0.1) is 0 Å². The molecule has 1 heterocycles. The summed E-state index contributed by atoms with van der Waals surface area (Å²) in [6.07, 6.45) is 3.25. The van der Waals surface area contributed by atoms with E-state index in [1.807, 2.05) is 24.3 Å². The van der Waals surface area contributed by atoms with Gasteiger partial charge in [0.1, 0.15) is 5.75 Å². The van der Waals surface area contributed by atoms with Crippen LogP contribution >= 0.6 is 0 Å². The van der Waals surface area contributed by atoms with E-state index < -0.39 is 5.97 Å². The van der Waals surface area contributed by atoms with Crippen molar-refractivity contribution in [2.24, 2.45) is 0 Å². The van der Waals surface area contributed by atoms with Crippen LogP contribution < -0.4 is 10.5 Å². The van der Waals surface area contributed by atoms with Crippen molar-refractivity contribution in [2.45, 2.75) is 33.1 Å². The highest BCUT2D eigenvalue weighted by molar-refractivity contribution is 5.89. The molecule has 6 heteroatoms. The maximum Gasteiger partial charge on any atom is 0.357 e. The van der Waals surface area contributed by atoms with Crippen LogP contribution in [0.25, 0.3) is 11.3 Å². The molecule has 6 nitrogen and oxygen atoms in total. The quantitative estimate of drug-likeness (QED) is 0.589. The number of nitrogen functional groups attached to an aromatic ring is 1. The Morgan fingerprint density at radius 1 is 1.17 bits per heavy atom. The van der Waals surface area contributed by atoms with Gasteiger partial charge in [0.2, 0.25) is 5.95 Å². The number of hydrogen-bond donors (Lipinski definition) is 1. The summed E-state index contributed by atoms with van der Waals surface area (Å²) in [4.78, 5) is 20.1. The smallest absolute Gasteiger partial charge is 0.357 e. The van der Waals surface area contributed by atoms with E-state index in [-0.39, 0.29) is 18.2 Å². The van der Waals surface area contributed by atoms with E-state index in [1.165, 1.54) is 0 Å². The standard InChI is InChI=1S/C18H23N3O3/c1-3-5-8-11-24-16-10-7-6-9-13(16)14-12-15(17(22)23-4-2)21-18(19)20-14/h6-7,9-10,12H,3-5,8,11H2,1-2H3,(H2,19,20,21). The molecule has 2 aromatic rings. The van der Waals surface area contributed by atoms with Crippen molar-refractivity contribution in [3.63, 3.8) is 0 Å². The minimum Gasteiger partial charge on any atom is -0.493 e. The van der Waals surface area contributed by atoms with Crippen LogP contribution in [0, 0.1) is 0 Å². The van der Waals surface area contributed by atoms with Crippen molar-refractivity contribution >= 4 is 11.9 Å². The van der Waals surface area contributed by atoms with E-state index in [9.17, 15) is 4.79 Å². The first-order valence-electron chi connectivity index (χ1n) is 8.19. The summed E-state index contributed by atoms with van der Waals surface area (Å²) in [6.45, 7) is 4.79. The Morgan fingerprint density at radius 3 is 2.71 bits per heavy atom. The van der Waals surface area contributed by atoms with Crippen LogP contribution in [-0.4, -0.2) is 29.2 Å². The van der Waals surface area contributed by atoms with E-state index in [1.54, 1.807) is 13.0 Å². The number of benzene rings is 1. The molecule has 0 aliphatic carbocycles. The fourth-order valence-electron chi connectivity index (χ4n) is 2.25. The van der Waals surface area contributed by atoms with Gasteiger partial charge in [0, 0.05) is 5.56 Å². The molecule has 0 fully saturated rings. The van der Waals surface area contributed by atoms with E-state index in [2.05, 4.69) is 16.9 Å². The number of nitrogens with zero attached hydrogens (tertiary/aromatic N) is 2. The minimum absolute atomic E-state index is 0.0244. The molecule has 0 atom stereocenters. The second-order valence-corrected chi connectivity index (χ2v) is 5.27. The molecule has 2 rings (SSSR count). The molecule has 0 saturated heterocycles. The number of nitrogens with two attached hydrogens (primary N) is 1. The van der Waals surface area contributed by atoms with Crippen LogP contribution in [0.1, 0.15) is 43.6 Å². The Balaban J connectivity index is 2.29. The zero-order valence-electron chi connectivity index (χ0n) is 14.1. The van der Waals surface area contributed by atoms with Gasteiger partial charge < -0.3 is 15.2 Å². The number of para-hydroxylation sites is 1. The molecule has 0 saturated carbocycles. The summed E-state index contributed by atoms with van der Waals surface area (Å²) in [6, 6.07) is 9.12. The summed E-state index contributed by atoms with van der Waals surface area (Å²) in [5.41, 5.74) is 7.20. The van der Waals surface area contributed by atoms with Gasteiger partial charge in [-0.1, -0.05) is 31.9 Å². The molecular formula is C18H23N3O3. The van der Waals surface area contributed by atoms with Gasteiger partial charge in [0.05, 0.1) is 18.9 Å². The summed E-state index contributed by atoms with van der Waals surface area (Å²) in [7, 11) is 0. The van der Waals surface area contributed by atoms with Crippen LogP contribution in [0.3, 0.4) is 0 Å². The molecule has 0 spiro atoms. The van der Waals surface area contributed by atoms with Gasteiger partial charge in [0.25, 0.3) is 0 Å². The minimum atomic E-state index is -0.519. The lowest BCUT2D eigenvalue weighted by Crippen LogP contribution is -2.10. The van der Waals surface area contributed by atoms with Crippen molar-refractivity contribution in [1.82, 2.24) is 9.97 Å². The Morgan fingerprint density at radius 2 is 1.96 bits per heavy atom. The molecule has 0 amide bonds. The Labute approximate surface area is 142 Å². The van der Waals surface area contributed by atoms with Crippen molar-refractivity contribution < 1.29 is 14.3 Å². The predicted molar refractivity (Wildman–Crippen MR) is 92.9 cm³/mol. The highest BCUT2D eigenvalue weighted by Gasteiger charge is 2.15. The maximum absolute atomic E-state index is 11.9. The maximum atomic E-state index is 11.9. The van der Waals surface area contributed by atoms with Gasteiger partial charge in [-0.3, -0.25) is 0 Å². The molecule has 0 bridgehead atoms. The molecule has 0 unspecified atom stereocenters. The number of hydrogen-bond acceptors (Lipinski definition) is 6. The molecule has 128 valence electrons. The summed E-state index contributed by atoms with van der Waals surface area (Å²) in [5.74, 6) is 0.215. The van der Waals surface area contributed by atoms with Gasteiger partial charge in [-0.2, -0.15) is 0 Å². The van der Waals surface area contributed by atoms with Crippen molar-refractivity contribution in [2.75, 3.05) is 18.9 Å². The number of rotatable bonds is 8.